The van der Waals surface area contributed by atoms with Gasteiger partial charge in [0.1, 0.15) is 11.5 Å². The molecule has 10 nitrogen and oxygen atoms in total. The molecule has 0 spiro atoms. The highest BCUT2D eigenvalue weighted by atomic mass is 31.2. The van der Waals surface area contributed by atoms with Crippen molar-refractivity contribution in [3.63, 3.8) is 0 Å². The summed E-state index contributed by atoms with van der Waals surface area (Å²) >= 11 is 0. The molecule has 0 aromatic heterocycles. The summed E-state index contributed by atoms with van der Waals surface area (Å²) in [6.45, 7) is 0. The van der Waals surface area contributed by atoms with E-state index in [0.717, 1.165) is 22.3 Å². The average Bonchev–Trinajstić information content (AvgIpc) is 2.78. The Morgan fingerprint density at radius 3 is 1.14 bits per heavy atom. The van der Waals surface area contributed by atoms with Crippen molar-refractivity contribution >= 4 is 15.6 Å². The van der Waals surface area contributed by atoms with Crippen LogP contribution in [0.3, 0.4) is 0 Å². The fraction of sp³-hybridized carbons (Fsp3) is 0. The Kier molecular flexibility index (Phi) is 10.1. The van der Waals surface area contributed by atoms with E-state index in [-0.39, 0.29) is 11.5 Å². The first-order valence-electron chi connectivity index (χ1n) is 10.1. The van der Waals surface area contributed by atoms with Crippen LogP contribution >= 0.6 is 15.6 Å². The number of phenols is 2. The van der Waals surface area contributed by atoms with Crippen LogP contribution in [0.15, 0.2) is 97.1 Å². The van der Waals surface area contributed by atoms with Gasteiger partial charge in [-0.2, -0.15) is 0 Å². The van der Waals surface area contributed by atoms with Crippen molar-refractivity contribution in [2.24, 2.45) is 0 Å². The monoisotopic (exact) mass is 534 g/mol. The van der Waals surface area contributed by atoms with Crippen molar-refractivity contribution in [1.82, 2.24) is 0 Å². The molecule has 0 aliphatic heterocycles. The molecular formula is C24H24O10P2. The molecule has 0 saturated heterocycles. The molecule has 0 heterocycles. The summed E-state index contributed by atoms with van der Waals surface area (Å²) in [5.74, 6) is 0.147. The molecule has 8 N–H and O–H groups in total. The van der Waals surface area contributed by atoms with Gasteiger partial charge in [0.2, 0.25) is 0 Å². The molecule has 4 rings (SSSR count). The summed E-state index contributed by atoms with van der Waals surface area (Å²) < 4.78 is 17.8. The third kappa shape index (κ3) is 9.75. The molecule has 0 fully saturated rings. The van der Waals surface area contributed by atoms with E-state index in [0.29, 0.717) is 11.1 Å². The van der Waals surface area contributed by atoms with Crippen LogP contribution in [0.2, 0.25) is 0 Å². The first-order chi connectivity index (χ1) is 16.8. The molecule has 0 bridgehead atoms. The number of hydrogen-bond donors (Lipinski definition) is 8. The van der Waals surface area contributed by atoms with Crippen LogP contribution in [0.25, 0.3) is 33.4 Å². The molecule has 4 aromatic rings. The van der Waals surface area contributed by atoms with Crippen molar-refractivity contribution in [1.29, 1.82) is 0 Å². The zero-order valence-electron chi connectivity index (χ0n) is 18.5. The van der Waals surface area contributed by atoms with E-state index in [1.54, 1.807) is 6.07 Å². The zero-order chi connectivity index (χ0) is 26.9. The number of phenolic OH excluding ortho intramolecular Hbond substituents is 2. The molecule has 190 valence electrons. The molecule has 0 unspecified atom stereocenters. The second kappa shape index (κ2) is 12.6. The van der Waals surface area contributed by atoms with Crippen molar-refractivity contribution in [2.45, 2.75) is 0 Å². The van der Waals surface area contributed by atoms with Crippen LogP contribution in [-0.2, 0) is 9.13 Å². The minimum absolute atomic E-state index is 0.0623. The Balaban J connectivity index is 0.000000389. The molecule has 12 heteroatoms. The van der Waals surface area contributed by atoms with E-state index >= 15 is 0 Å². The fourth-order valence-electron chi connectivity index (χ4n) is 3.29. The van der Waals surface area contributed by atoms with Crippen LogP contribution in [0.5, 0.6) is 11.5 Å². The highest BCUT2D eigenvalue weighted by Gasteiger charge is 2.20. The van der Waals surface area contributed by atoms with E-state index in [1.807, 2.05) is 91.0 Å². The average molecular weight is 534 g/mol. The van der Waals surface area contributed by atoms with Gasteiger partial charge in [0.15, 0.2) is 0 Å². The van der Waals surface area contributed by atoms with Gasteiger partial charge in [-0.1, -0.05) is 91.0 Å². The molecule has 0 saturated carbocycles. The van der Waals surface area contributed by atoms with Crippen molar-refractivity contribution in [3.05, 3.63) is 97.1 Å². The minimum atomic E-state index is -4.64. The number of rotatable bonds is 3. The fourth-order valence-corrected chi connectivity index (χ4v) is 3.29. The van der Waals surface area contributed by atoms with Gasteiger partial charge in [-0.05, 0) is 28.3 Å². The summed E-state index contributed by atoms with van der Waals surface area (Å²) in [6, 6.07) is 30.7. The molecule has 0 aliphatic carbocycles. The van der Waals surface area contributed by atoms with Gasteiger partial charge >= 0.3 is 15.6 Å². The number of hydrogen-bond acceptors (Lipinski definition) is 4. The lowest BCUT2D eigenvalue weighted by molar-refractivity contribution is 0.272. The van der Waals surface area contributed by atoms with Crippen LogP contribution in [-0.4, -0.2) is 39.6 Å². The number of aromatic hydroxyl groups is 2. The quantitative estimate of drug-likeness (QED) is 0.176. The van der Waals surface area contributed by atoms with Gasteiger partial charge in [0, 0.05) is 5.56 Å². The van der Waals surface area contributed by atoms with E-state index in [2.05, 4.69) is 0 Å². The largest absolute Gasteiger partial charge is 0.507 e. The molecule has 0 aliphatic rings. The van der Waals surface area contributed by atoms with Crippen molar-refractivity contribution < 1.29 is 48.7 Å². The number of phosphoric acid groups is 2. The van der Waals surface area contributed by atoms with Crippen molar-refractivity contribution in [3.8, 4) is 44.9 Å². The Morgan fingerprint density at radius 1 is 0.472 bits per heavy atom. The number of benzene rings is 4. The first kappa shape index (κ1) is 28.9. The summed E-state index contributed by atoms with van der Waals surface area (Å²) in [4.78, 5) is 43.1. The summed E-state index contributed by atoms with van der Waals surface area (Å²) in [6.07, 6.45) is 0. The van der Waals surface area contributed by atoms with E-state index in [1.165, 1.54) is 0 Å². The minimum Gasteiger partial charge on any atom is -0.507 e. The van der Waals surface area contributed by atoms with Crippen molar-refractivity contribution in [2.75, 3.05) is 0 Å². The van der Waals surface area contributed by atoms with Crippen LogP contribution in [0.1, 0.15) is 0 Å². The van der Waals surface area contributed by atoms with Gasteiger partial charge in [-0.25, -0.2) is 9.13 Å². The lowest BCUT2D eigenvalue weighted by Crippen LogP contribution is -1.90. The summed E-state index contributed by atoms with van der Waals surface area (Å²) in [7, 11) is -9.28. The van der Waals surface area contributed by atoms with Crippen LogP contribution < -0.4 is 0 Å². The summed E-state index contributed by atoms with van der Waals surface area (Å²) in [5.41, 5.74) is 4.58. The SMILES string of the molecule is O=P(O)(O)O.O=P(O)(O)O.Oc1cc(-c2ccccc2)c(-c2ccccc2)c(O)c1-c1ccccc1. The van der Waals surface area contributed by atoms with Crippen LogP contribution in [0, 0.1) is 0 Å². The predicted octanol–water partition coefficient (Wildman–Crippen LogP) is 4.24. The Morgan fingerprint density at radius 2 is 0.778 bits per heavy atom. The molecular weight excluding hydrogens is 510 g/mol. The maximum Gasteiger partial charge on any atom is 0.466 e. The zero-order valence-corrected chi connectivity index (χ0v) is 20.3. The second-order valence-electron chi connectivity index (χ2n) is 7.17. The molecule has 4 aromatic carbocycles. The lowest BCUT2D eigenvalue weighted by atomic mass is 9.89. The smallest absolute Gasteiger partial charge is 0.466 e. The van der Waals surface area contributed by atoms with Gasteiger partial charge in [-0.15, -0.1) is 0 Å². The highest BCUT2D eigenvalue weighted by Crippen LogP contribution is 2.48. The van der Waals surface area contributed by atoms with Gasteiger partial charge < -0.3 is 39.6 Å². The maximum absolute atomic E-state index is 11.2. The standard InChI is InChI=1S/C24H18O2.2H3O4P/c25-21-16-20(17-10-4-1-5-11-17)22(18-12-6-2-7-13-18)24(26)23(21)19-14-8-3-9-15-19;2*1-5(2,3)4/h1-16,25-26H;2*(H3,1,2,3,4). The summed E-state index contributed by atoms with van der Waals surface area (Å²) in [5, 5.41) is 21.9. The molecule has 0 radical (unpaired) electrons. The van der Waals surface area contributed by atoms with Gasteiger partial charge in [-0.3, -0.25) is 0 Å². The normalized spacial score (nSPS) is 10.9. The second-order valence-corrected chi connectivity index (χ2v) is 9.22. The Labute approximate surface area is 206 Å². The first-order valence-corrected chi connectivity index (χ1v) is 13.2. The van der Waals surface area contributed by atoms with Gasteiger partial charge in [0.05, 0.1) is 5.56 Å². The third-order valence-corrected chi connectivity index (χ3v) is 4.49. The van der Waals surface area contributed by atoms with E-state index in [9.17, 15) is 10.2 Å². The topological polar surface area (TPSA) is 196 Å². The van der Waals surface area contributed by atoms with Crippen LogP contribution in [0.4, 0.5) is 0 Å². The predicted molar refractivity (Wildman–Crippen MR) is 135 cm³/mol. The third-order valence-electron chi connectivity index (χ3n) is 4.49. The van der Waals surface area contributed by atoms with E-state index < -0.39 is 15.6 Å². The molecule has 0 atom stereocenters. The Hall–Kier alpha value is -3.30. The molecule has 0 amide bonds. The highest BCUT2D eigenvalue weighted by molar-refractivity contribution is 7.45. The van der Waals surface area contributed by atoms with E-state index in [4.69, 9.17) is 38.5 Å². The molecule has 36 heavy (non-hydrogen) atoms. The lowest BCUT2D eigenvalue weighted by Gasteiger charge is -2.17. The maximum atomic E-state index is 11.2. The Bertz CT molecular complexity index is 1320. The van der Waals surface area contributed by atoms with Gasteiger partial charge in [0.25, 0.3) is 0 Å².